The Hall–Kier alpha value is -3.05. The van der Waals surface area contributed by atoms with Crippen molar-refractivity contribution in [3.05, 3.63) is 59.8 Å². The number of phenolic OH excluding ortho intramolecular Hbond substituents is 1. The minimum atomic E-state index is 0.177. The van der Waals surface area contributed by atoms with Gasteiger partial charge < -0.3 is 20.3 Å². The standard InChI is InChI=1S/C21H22N2O3/c1-25-18-9-10-20-16(13-18)4-7-17(23(20)12-11-22)6-3-15-5-8-19(26-2)14-21(15)24/h3-10,13-14H,11-12,22H2,1-2H3/p+1. The molecule has 0 fully saturated rings. The van der Waals surface area contributed by atoms with Crippen LogP contribution in [0.15, 0.2) is 48.5 Å². The Morgan fingerprint density at radius 2 is 1.69 bits per heavy atom. The number of benzene rings is 2. The summed E-state index contributed by atoms with van der Waals surface area (Å²) in [6.07, 6.45) is 3.85. The van der Waals surface area contributed by atoms with Crippen molar-refractivity contribution in [3.63, 3.8) is 0 Å². The van der Waals surface area contributed by atoms with Gasteiger partial charge in [-0.05, 0) is 36.4 Å². The Bertz CT molecular complexity index is 951. The molecule has 134 valence electrons. The number of aromatic nitrogens is 1. The van der Waals surface area contributed by atoms with Gasteiger partial charge in [0.15, 0.2) is 6.54 Å². The quantitative estimate of drug-likeness (QED) is 0.670. The summed E-state index contributed by atoms with van der Waals surface area (Å²) in [5.74, 6) is 1.62. The van der Waals surface area contributed by atoms with Gasteiger partial charge in [-0.25, -0.2) is 0 Å². The van der Waals surface area contributed by atoms with Crippen LogP contribution >= 0.6 is 0 Å². The van der Waals surface area contributed by atoms with E-state index in [0.29, 0.717) is 18.8 Å². The van der Waals surface area contributed by atoms with Crippen molar-refractivity contribution in [1.82, 2.24) is 0 Å². The molecule has 0 aliphatic rings. The number of aromatic hydroxyl groups is 1. The minimum Gasteiger partial charge on any atom is -0.507 e. The van der Waals surface area contributed by atoms with E-state index < -0.39 is 0 Å². The molecular formula is C21H23N2O3+. The first-order valence-corrected chi connectivity index (χ1v) is 8.42. The normalized spacial score (nSPS) is 11.2. The molecule has 2 aromatic carbocycles. The summed E-state index contributed by atoms with van der Waals surface area (Å²) in [4.78, 5) is 0. The second-order valence-corrected chi connectivity index (χ2v) is 5.88. The lowest BCUT2D eigenvalue weighted by atomic mass is 10.1. The molecule has 5 nitrogen and oxygen atoms in total. The summed E-state index contributed by atoms with van der Waals surface area (Å²) >= 11 is 0. The van der Waals surface area contributed by atoms with Gasteiger partial charge in [0.05, 0.1) is 26.2 Å². The average Bonchev–Trinajstić information content (AvgIpc) is 2.67. The van der Waals surface area contributed by atoms with Crippen LogP contribution in [0.1, 0.15) is 11.3 Å². The Kier molecular flexibility index (Phi) is 5.39. The van der Waals surface area contributed by atoms with Gasteiger partial charge in [0.2, 0.25) is 11.2 Å². The molecule has 0 saturated heterocycles. The molecule has 0 aliphatic heterocycles. The number of hydrogen-bond acceptors (Lipinski definition) is 4. The molecule has 0 atom stereocenters. The van der Waals surface area contributed by atoms with Gasteiger partial charge in [-0.3, -0.25) is 0 Å². The number of phenols is 1. The molecule has 0 radical (unpaired) electrons. The minimum absolute atomic E-state index is 0.177. The van der Waals surface area contributed by atoms with Crippen LogP contribution in [0.4, 0.5) is 0 Å². The first kappa shape index (κ1) is 17.8. The predicted octanol–water partition coefficient (Wildman–Crippen LogP) is 2.98. The molecule has 1 aromatic heterocycles. The summed E-state index contributed by atoms with van der Waals surface area (Å²) in [6, 6.07) is 15.3. The van der Waals surface area contributed by atoms with Gasteiger partial charge in [0, 0.05) is 29.8 Å². The number of ether oxygens (including phenoxy) is 2. The topological polar surface area (TPSA) is 68.6 Å². The fraction of sp³-hybridized carbons (Fsp3) is 0.190. The lowest BCUT2D eigenvalue weighted by molar-refractivity contribution is -0.670. The maximum Gasteiger partial charge on any atom is 0.213 e. The zero-order chi connectivity index (χ0) is 18.5. The van der Waals surface area contributed by atoms with Crippen molar-refractivity contribution >= 4 is 23.1 Å². The highest BCUT2D eigenvalue weighted by Gasteiger charge is 2.14. The van der Waals surface area contributed by atoms with Gasteiger partial charge in [-0.2, -0.15) is 4.57 Å². The molecular weight excluding hydrogens is 328 g/mol. The third kappa shape index (κ3) is 3.63. The van der Waals surface area contributed by atoms with Crippen molar-refractivity contribution in [2.24, 2.45) is 5.73 Å². The van der Waals surface area contributed by atoms with Crippen molar-refractivity contribution in [2.45, 2.75) is 6.54 Å². The van der Waals surface area contributed by atoms with Crippen LogP contribution in [-0.4, -0.2) is 25.9 Å². The van der Waals surface area contributed by atoms with E-state index in [-0.39, 0.29) is 5.75 Å². The highest BCUT2D eigenvalue weighted by Crippen LogP contribution is 2.25. The summed E-state index contributed by atoms with van der Waals surface area (Å²) < 4.78 is 12.6. The van der Waals surface area contributed by atoms with Crippen molar-refractivity contribution in [2.75, 3.05) is 20.8 Å². The largest absolute Gasteiger partial charge is 0.507 e. The van der Waals surface area contributed by atoms with Crippen LogP contribution in [0.25, 0.3) is 23.1 Å². The van der Waals surface area contributed by atoms with Crippen LogP contribution in [0, 0.1) is 0 Å². The van der Waals surface area contributed by atoms with Gasteiger partial charge in [0.25, 0.3) is 0 Å². The van der Waals surface area contributed by atoms with Crippen molar-refractivity contribution < 1.29 is 19.1 Å². The number of hydrogen-bond donors (Lipinski definition) is 2. The Labute approximate surface area is 152 Å². The third-order valence-corrected chi connectivity index (χ3v) is 4.29. The molecule has 0 saturated carbocycles. The lowest BCUT2D eigenvalue weighted by Crippen LogP contribution is -2.41. The maximum absolute atomic E-state index is 10.1. The zero-order valence-electron chi connectivity index (χ0n) is 15.0. The summed E-state index contributed by atoms with van der Waals surface area (Å²) in [5, 5.41) is 11.2. The number of rotatable bonds is 6. The van der Waals surface area contributed by atoms with Gasteiger partial charge in [-0.1, -0.05) is 0 Å². The van der Waals surface area contributed by atoms with Crippen LogP contribution < -0.4 is 19.8 Å². The molecule has 0 spiro atoms. The molecule has 0 unspecified atom stereocenters. The van der Waals surface area contributed by atoms with Crippen LogP contribution in [0.3, 0.4) is 0 Å². The first-order valence-electron chi connectivity index (χ1n) is 8.42. The van der Waals surface area contributed by atoms with Crippen LogP contribution in [0.2, 0.25) is 0 Å². The third-order valence-electron chi connectivity index (χ3n) is 4.29. The Morgan fingerprint density at radius 3 is 2.38 bits per heavy atom. The number of nitrogens with zero attached hydrogens (tertiary/aromatic N) is 1. The van der Waals surface area contributed by atoms with E-state index in [1.807, 2.05) is 48.6 Å². The molecule has 0 bridgehead atoms. The summed E-state index contributed by atoms with van der Waals surface area (Å²) in [7, 11) is 3.23. The van der Waals surface area contributed by atoms with Crippen molar-refractivity contribution in [1.29, 1.82) is 0 Å². The maximum atomic E-state index is 10.1. The van der Waals surface area contributed by atoms with E-state index in [2.05, 4.69) is 10.6 Å². The number of nitrogens with two attached hydrogens (primary N) is 1. The first-order chi connectivity index (χ1) is 12.7. The van der Waals surface area contributed by atoms with E-state index in [1.165, 1.54) is 0 Å². The van der Waals surface area contributed by atoms with Gasteiger partial charge in [-0.15, -0.1) is 0 Å². The van der Waals surface area contributed by atoms with E-state index in [4.69, 9.17) is 15.2 Å². The molecule has 0 aliphatic carbocycles. The van der Waals surface area contributed by atoms with E-state index in [0.717, 1.165) is 27.9 Å². The second-order valence-electron chi connectivity index (χ2n) is 5.88. The summed E-state index contributed by atoms with van der Waals surface area (Å²) in [6.45, 7) is 1.22. The van der Waals surface area contributed by atoms with E-state index in [1.54, 1.807) is 20.3 Å². The van der Waals surface area contributed by atoms with E-state index >= 15 is 0 Å². The molecule has 0 amide bonds. The average molecular weight is 351 g/mol. The van der Waals surface area contributed by atoms with Gasteiger partial charge >= 0.3 is 0 Å². The molecule has 1 heterocycles. The highest BCUT2D eigenvalue weighted by atomic mass is 16.5. The fourth-order valence-corrected chi connectivity index (χ4v) is 2.93. The lowest BCUT2D eigenvalue weighted by Gasteiger charge is -2.06. The molecule has 3 rings (SSSR count). The van der Waals surface area contributed by atoms with Gasteiger partial charge in [0.1, 0.15) is 17.2 Å². The smallest absolute Gasteiger partial charge is 0.213 e. The van der Waals surface area contributed by atoms with Crippen LogP contribution in [-0.2, 0) is 6.54 Å². The Morgan fingerprint density at radius 1 is 0.962 bits per heavy atom. The second kappa shape index (κ2) is 7.89. The zero-order valence-corrected chi connectivity index (χ0v) is 15.0. The summed E-state index contributed by atoms with van der Waals surface area (Å²) in [5.41, 5.74) is 8.62. The molecule has 26 heavy (non-hydrogen) atoms. The predicted molar refractivity (Wildman–Crippen MR) is 103 cm³/mol. The van der Waals surface area contributed by atoms with E-state index in [9.17, 15) is 5.11 Å². The molecule has 3 N–H and O–H groups in total. The number of fused-ring (bicyclic) bond motifs is 1. The van der Waals surface area contributed by atoms with Crippen molar-refractivity contribution in [3.8, 4) is 17.2 Å². The highest BCUT2D eigenvalue weighted by molar-refractivity contribution is 5.79. The van der Waals surface area contributed by atoms with Crippen LogP contribution in [0.5, 0.6) is 17.2 Å². The number of pyridine rings is 1. The number of methoxy groups -OCH3 is 2. The SMILES string of the molecule is COc1ccc(/C=C/c2ccc3cc(OC)ccc3[n+]2CCN)c(O)c1. The molecule has 3 aromatic rings. The fourth-order valence-electron chi connectivity index (χ4n) is 2.93. The Balaban J connectivity index is 2.02. The molecule has 5 heteroatoms. The monoisotopic (exact) mass is 351 g/mol.